The van der Waals surface area contributed by atoms with Crippen LogP contribution in [0.25, 0.3) is 0 Å². The maximum absolute atomic E-state index is 5.53. The molecule has 1 unspecified atom stereocenters. The molecule has 30 heavy (non-hydrogen) atoms. The predicted octanol–water partition coefficient (Wildman–Crippen LogP) is 4.57. The van der Waals surface area contributed by atoms with Gasteiger partial charge in [-0.1, -0.05) is 24.3 Å². The van der Waals surface area contributed by atoms with Crippen LogP contribution in [-0.4, -0.2) is 58.0 Å². The van der Waals surface area contributed by atoms with Crippen molar-refractivity contribution in [2.45, 2.75) is 17.9 Å². The minimum Gasteiger partial charge on any atom is -0.495 e. The molecule has 2 aromatic carbocycles. The minimum absolute atomic E-state index is 0. The molecule has 1 atom stereocenters. The van der Waals surface area contributed by atoms with Crippen molar-refractivity contribution >= 4 is 47.4 Å². The minimum atomic E-state index is 0. The molecule has 1 N–H and O–H groups in total. The molecule has 7 heteroatoms. The number of guanidine groups is 1. The van der Waals surface area contributed by atoms with E-state index in [-0.39, 0.29) is 24.0 Å². The van der Waals surface area contributed by atoms with E-state index in [0.717, 1.165) is 37.9 Å². The Hall–Kier alpha value is -1.61. The van der Waals surface area contributed by atoms with Crippen molar-refractivity contribution in [1.82, 2.24) is 10.2 Å². The van der Waals surface area contributed by atoms with Crippen LogP contribution in [0.2, 0.25) is 0 Å². The van der Waals surface area contributed by atoms with Gasteiger partial charge in [0.25, 0.3) is 0 Å². The third-order valence-electron chi connectivity index (χ3n) is 5.41. The van der Waals surface area contributed by atoms with Gasteiger partial charge in [0.2, 0.25) is 0 Å². The first-order valence-corrected chi connectivity index (χ1v) is 11.3. The van der Waals surface area contributed by atoms with E-state index >= 15 is 0 Å². The molecule has 0 spiro atoms. The van der Waals surface area contributed by atoms with Crippen LogP contribution < -0.4 is 15.0 Å². The second-order valence-corrected chi connectivity index (χ2v) is 8.28. The zero-order chi connectivity index (χ0) is 20.6. The van der Waals surface area contributed by atoms with Crippen LogP contribution >= 0.6 is 35.7 Å². The molecule has 0 saturated carbocycles. The van der Waals surface area contributed by atoms with Gasteiger partial charge in [-0.3, -0.25) is 4.99 Å². The van der Waals surface area contributed by atoms with E-state index in [1.807, 2.05) is 19.2 Å². The summed E-state index contributed by atoms with van der Waals surface area (Å²) < 4.78 is 5.53. The van der Waals surface area contributed by atoms with Crippen molar-refractivity contribution in [3.63, 3.8) is 0 Å². The summed E-state index contributed by atoms with van der Waals surface area (Å²) in [7, 11) is 5.68. The number of rotatable bonds is 7. The lowest BCUT2D eigenvalue weighted by Crippen LogP contribution is -2.41. The van der Waals surface area contributed by atoms with E-state index < -0.39 is 0 Å². The molecule has 5 nitrogen and oxygen atoms in total. The van der Waals surface area contributed by atoms with E-state index in [0.29, 0.717) is 5.92 Å². The molecule has 1 aliphatic rings. The summed E-state index contributed by atoms with van der Waals surface area (Å²) in [5, 5.41) is 3.57. The fraction of sp³-hybridized carbons (Fsp3) is 0.435. The number of ether oxygens (including phenoxy) is 1. The number of benzene rings is 2. The normalized spacial score (nSPS) is 16.2. The molecule has 0 bridgehead atoms. The van der Waals surface area contributed by atoms with Crippen LogP contribution in [0.1, 0.15) is 12.0 Å². The van der Waals surface area contributed by atoms with Crippen molar-refractivity contribution in [3.8, 4) is 5.75 Å². The average Bonchev–Trinajstić information content (AvgIpc) is 3.23. The van der Waals surface area contributed by atoms with Gasteiger partial charge in [0.15, 0.2) is 5.96 Å². The molecule has 1 aliphatic heterocycles. The SMILES string of the molecule is CN=C(NCC1CCN(c2ccccc2OC)C1)N(C)Cc1ccc(SC)cc1.I. The zero-order valence-electron chi connectivity index (χ0n) is 18.3. The first kappa shape index (κ1) is 24.7. The maximum Gasteiger partial charge on any atom is 0.193 e. The lowest BCUT2D eigenvalue weighted by Gasteiger charge is -2.24. The third-order valence-corrected chi connectivity index (χ3v) is 6.16. The van der Waals surface area contributed by atoms with Gasteiger partial charge in [0, 0.05) is 45.2 Å². The van der Waals surface area contributed by atoms with E-state index in [4.69, 9.17) is 4.74 Å². The smallest absolute Gasteiger partial charge is 0.193 e. The number of thioether (sulfide) groups is 1. The van der Waals surface area contributed by atoms with Crippen LogP contribution in [-0.2, 0) is 6.54 Å². The lowest BCUT2D eigenvalue weighted by molar-refractivity contribution is 0.414. The Kier molecular flexibility index (Phi) is 10.1. The number of para-hydroxylation sites is 2. The van der Waals surface area contributed by atoms with Gasteiger partial charge >= 0.3 is 0 Å². The Morgan fingerprint density at radius 2 is 1.97 bits per heavy atom. The number of methoxy groups -OCH3 is 1. The van der Waals surface area contributed by atoms with Gasteiger partial charge in [-0.25, -0.2) is 0 Å². The van der Waals surface area contributed by atoms with Crippen LogP contribution in [0.3, 0.4) is 0 Å². The summed E-state index contributed by atoms with van der Waals surface area (Å²) >= 11 is 1.77. The van der Waals surface area contributed by atoms with Gasteiger partial charge in [0.05, 0.1) is 12.8 Å². The van der Waals surface area contributed by atoms with Gasteiger partial charge in [-0.2, -0.15) is 0 Å². The Labute approximate surface area is 202 Å². The Morgan fingerprint density at radius 1 is 1.23 bits per heavy atom. The summed E-state index contributed by atoms with van der Waals surface area (Å²) in [6.45, 7) is 3.85. The summed E-state index contributed by atoms with van der Waals surface area (Å²) in [6, 6.07) is 17.0. The van der Waals surface area contributed by atoms with E-state index in [1.165, 1.54) is 22.6 Å². The number of anilines is 1. The fourth-order valence-corrected chi connectivity index (χ4v) is 4.22. The molecule has 164 valence electrons. The second kappa shape index (κ2) is 12.3. The van der Waals surface area contributed by atoms with Crippen molar-refractivity contribution in [3.05, 3.63) is 54.1 Å². The number of nitrogens with one attached hydrogen (secondary N) is 1. The predicted molar refractivity (Wildman–Crippen MR) is 140 cm³/mol. The number of nitrogens with zero attached hydrogens (tertiary/aromatic N) is 3. The Bertz CT molecular complexity index is 815. The lowest BCUT2D eigenvalue weighted by atomic mass is 10.1. The van der Waals surface area contributed by atoms with Gasteiger partial charge in [-0.15, -0.1) is 35.7 Å². The quantitative estimate of drug-likeness (QED) is 0.241. The average molecular weight is 541 g/mol. The number of halogens is 1. The fourth-order valence-electron chi connectivity index (χ4n) is 3.81. The van der Waals surface area contributed by atoms with Crippen molar-refractivity contribution in [1.29, 1.82) is 0 Å². The highest BCUT2D eigenvalue weighted by atomic mass is 127. The van der Waals surface area contributed by atoms with E-state index in [9.17, 15) is 0 Å². The number of hydrogen-bond donors (Lipinski definition) is 1. The molecule has 0 amide bonds. The van der Waals surface area contributed by atoms with Crippen molar-refractivity contribution in [2.24, 2.45) is 10.9 Å². The van der Waals surface area contributed by atoms with Crippen LogP contribution in [0.5, 0.6) is 5.75 Å². The number of aliphatic imine (C=N–C) groups is 1. The molecular weight excluding hydrogens is 507 g/mol. The van der Waals surface area contributed by atoms with Gasteiger partial charge < -0.3 is 19.9 Å². The van der Waals surface area contributed by atoms with Crippen LogP contribution in [0.15, 0.2) is 58.4 Å². The van der Waals surface area contributed by atoms with Gasteiger partial charge in [0.1, 0.15) is 5.75 Å². The topological polar surface area (TPSA) is 40.1 Å². The molecule has 1 saturated heterocycles. The summed E-state index contributed by atoms with van der Waals surface area (Å²) in [5.41, 5.74) is 2.48. The largest absolute Gasteiger partial charge is 0.495 e. The van der Waals surface area contributed by atoms with E-state index in [2.05, 4.69) is 69.8 Å². The van der Waals surface area contributed by atoms with E-state index in [1.54, 1.807) is 18.9 Å². The van der Waals surface area contributed by atoms with Gasteiger partial charge in [-0.05, 0) is 48.4 Å². The highest BCUT2D eigenvalue weighted by Gasteiger charge is 2.25. The molecule has 1 fully saturated rings. The highest BCUT2D eigenvalue weighted by molar-refractivity contribution is 14.0. The first-order valence-electron chi connectivity index (χ1n) is 10.1. The monoisotopic (exact) mass is 540 g/mol. The summed E-state index contributed by atoms with van der Waals surface area (Å²) in [4.78, 5) is 10.4. The number of hydrogen-bond acceptors (Lipinski definition) is 4. The molecule has 1 heterocycles. The highest BCUT2D eigenvalue weighted by Crippen LogP contribution is 2.31. The van der Waals surface area contributed by atoms with Crippen molar-refractivity contribution < 1.29 is 4.74 Å². The third kappa shape index (κ3) is 6.44. The second-order valence-electron chi connectivity index (χ2n) is 7.40. The van der Waals surface area contributed by atoms with Crippen molar-refractivity contribution in [2.75, 3.05) is 52.0 Å². The maximum atomic E-state index is 5.53. The molecule has 3 rings (SSSR count). The summed E-state index contributed by atoms with van der Waals surface area (Å²) in [5.74, 6) is 2.48. The Morgan fingerprint density at radius 3 is 2.63 bits per heavy atom. The summed E-state index contributed by atoms with van der Waals surface area (Å²) in [6.07, 6.45) is 3.27. The zero-order valence-corrected chi connectivity index (χ0v) is 21.4. The Balaban J connectivity index is 0.00000320. The molecule has 0 aromatic heterocycles. The van der Waals surface area contributed by atoms with Crippen LogP contribution in [0, 0.1) is 5.92 Å². The van der Waals surface area contributed by atoms with Crippen LogP contribution in [0.4, 0.5) is 5.69 Å². The molecule has 0 radical (unpaired) electrons. The molecule has 2 aromatic rings. The standard InChI is InChI=1S/C23H32N4OS.HI/c1-24-23(26(2)16-18-9-11-20(29-4)12-10-18)25-15-19-13-14-27(17-19)21-7-5-6-8-22(21)28-3;/h5-12,19H,13-17H2,1-4H3,(H,24,25);1H. The molecule has 0 aliphatic carbocycles. The molecular formula is C23H33IN4OS. The first-order chi connectivity index (χ1) is 14.1.